The highest BCUT2D eigenvalue weighted by Gasteiger charge is 2.16. The largest absolute Gasteiger partial charge is 0.277 e. The van der Waals surface area contributed by atoms with Crippen LogP contribution in [0, 0.1) is 0 Å². The normalized spacial score (nSPS) is 11.6. The predicted octanol–water partition coefficient (Wildman–Crippen LogP) is 4.45. The lowest BCUT2D eigenvalue weighted by Gasteiger charge is -2.11. The van der Waals surface area contributed by atoms with Crippen molar-refractivity contribution in [2.24, 2.45) is 0 Å². The first-order valence-electron chi connectivity index (χ1n) is 7.91. The van der Waals surface area contributed by atoms with E-state index in [2.05, 4.69) is 0 Å². The van der Waals surface area contributed by atoms with Crippen LogP contribution >= 0.6 is 11.6 Å². The Morgan fingerprint density at radius 3 is 2.28 bits per heavy atom. The summed E-state index contributed by atoms with van der Waals surface area (Å²) in [5.74, 6) is 0.590. The average Bonchev–Trinajstić information content (AvgIpc) is 3.02. The smallest absolute Gasteiger partial charge is 0.267 e. The molecule has 2 heterocycles. The van der Waals surface area contributed by atoms with Gasteiger partial charge in [0.05, 0.1) is 27.6 Å². The number of fused-ring (bicyclic) bond motifs is 5. The van der Waals surface area contributed by atoms with Crippen LogP contribution in [0.15, 0.2) is 77.6 Å². The molecule has 0 aliphatic heterocycles. The van der Waals surface area contributed by atoms with E-state index in [-0.39, 0.29) is 5.56 Å². The fraction of sp³-hybridized carbons (Fsp3) is 0. The molecule has 0 bridgehead atoms. The van der Waals surface area contributed by atoms with Crippen LogP contribution < -0.4 is 5.56 Å². The van der Waals surface area contributed by atoms with Gasteiger partial charge in [0.2, 0.25) is 5.78 Å². The number of aromatic nitrogens is 3. The van der Waals surface area contributed by atoms with Gasteiger partial charge in [-0.15, -0.1) is 0 Å². The fourth-order valence-electron chi connectivity index (χ4n) is 3.28. The van der Waals surface area contributed by atoms with Crippen LogP contribution in [-0.2, 0) is 0 Å². The second-order valence-corrected chi connectivity index (χ2v) is 6.31. The molecule has 0 unspecified atom stereocenters. The van der Waals surface area contributed by atoms with Crippen LogP contribution in [0.3, 0.4) is 0 Å². The van der Waals surface area contributed by atoms with Gasteiger partial charge in [0.25, 0.3) is 5.56 Å². The van der Waals surface area contributed by atoms with Gasteiger partial charge in [-0.1, -0.05) is 35.9 Å². The number of halogens is 1. The quantitative estimate of drug-likeness (QED) is 0.450. The van der Waals surface area contributed by atoms with E-state index >= 15 is 0 Å². The summed E-state index contributed by atoms with van der Waals surface area (Å²) in [5, 5.41) is 1.27. The van der Waals surface area contributed by atoms with Crippen LogP contribution in [0.5, 0.6) is 0 Å². The lowest BCUT2D eigenvalue weighted by molar-refractivity contribution is 0.983. The first kappa shape index (κ1) is 14.3. The molecule has 25 heavy (non-hydrogen) atoms. The number of rotatable bonds is 1. The molecule has 2 aromatic heterocycles. The van der Waals surface area contributed by atoms with Gasteiger partial charge in [-0.3, -0.25) is 9.20 Å². The Labute approximate surface area is 147 Å². The Balaban J connectivity index is 2.07. The summed E-state index contributed by atoms with van der Waals surface area (Å²) in [6, 6.07) is 22.7. The molecule has 3 aromatic carbocycles. The summed E-state index contributed by atoms with van der Waals surface area (Å²) in [6.07, 6.45) is 0. The first-order chi connectivity index (χ1) is 12.2. The van der Waals surface area contributed by atoms with Gasteiger partial charge in [0.15, 0.2) is 0 Å². The van der Waals surface area contributed by atoms with Crippen molar-refractivity contribution >= 4 is 39.3 Å². The molecule has 0 saturated carbocycles. The molecule has 0 aliphatic carbocycles. The lowest BCUT2D eigenvalue weighted by atomic mass is 10.2. The first-order valence-corrected chi connectivity index (χ1v) is 8.29. The van der Waals surface area contributed by atoms with Crippen molar-refractivity contribution in [1.82, 2.24) is 14.0 Å². The van der Waals surface area contributed by atoms with Crippen LogP contribution in [0.1, 0.15) is 0 Å². The molecule has 4 nitrogen and oxygen atoms in total. The van der Waals surface area contributed by atoms with Crippen molar-refractivity contribution in [3.63, 3.8) is 0 Å². The SMILES string of the molecule is O=c1c2ccccc2n2c3ccccc3nc2n1-c1ccc(Cl)cc1. The van der Waals surface area contributed by atoms with Gasteiger partial charge >= 0.3 is 0 Å². The third-order valence-corrected chi connectivity index (χ3v) is 4.66. The number of imidazole rings is 1. The zero-order chi connectivity index (χ0) is 17.0. The Kier molecular flexibility index (Phi) is 2.96. The van der Waals surface area contributed by atoms with Crippen LogP contribution in [-0.4, -0.2) is 14.0 Å². The van der Waals surface area contributed by atoms with E-state index in [9.17, 15) is 4.79 Å². The highest BCUT2D eigenvalue weighted by Crippen LogP contribution is 2.23. The second kappa shape index (κ2) is 5.19. The average molecular weight is 346 g/mol. The van der Waals surface area contributed by atoms with E-state index in [1.54, 1.807) is 16.7 Å². The Bertz CT molecular complexity index is 1320. The molecule has 5 aromatic rings. The molecular weight excluding hydrogens is 334 g/mol. The van der Waals surface area contributed by atoms with E-state index in [0.29, 0.717) is 16.2 Å². The van der Waals surface area contributed by atoms with Crippen LogP contribution in [0.2, 0.25) is 5.02 Å². The fourth-order valence-corrected chi connectivity index (χ4v) is 3.41. The maximum absolute atomic E-state index is 13.2. The minimum Gasteiger partial charge on any atom is -0.277 e. The number of hydrogen-bond acceptors (Lipinski definition) is 2. The second-order valence-electron chi connectivity index (χ2n) is 5.87. The highest BCUT2D eigenvalue weighted by molar-refractivity contribution is 6.30. The monoisotopic (exact) mass is 345 g/mol. The van der Waals surface area contributed by atoms with E-state index in [1.165, 1.54) is 0 Å². The van der Waals surface area contributed by atoms with Gasteiger partial charge in [-0.25, -0.2) is 9.55 Å². The Morgan fingerprint density at radius 2 is 1.48 bits per heavy atom. The zero-order valence-corrected chi connectivity index (χ0v) is 13.8. The number of para-hydroxylation sites is 3. The summed E-state index contributed by atoms with van der Waals surface area (Å²) >= 11 is 6.01. The van der Waals surface area contributed by atoms with E-state index in [1.807, 2.05) is 65.1 Å². The van der Waals surface area contributed by atoms with Crippen molar-refractivity contribution in [3.05, 3.63) is 88.2 Å². The number of nitrogens with zero attached hydrogens (tertiary/aromatic N) is 3. The van der Waals surface area contributed by atoms with Crippen molar-refractivity contribution in [2.75, 3.05) is 0 Å². The lowest BCUT2D eigenvalue weighted by Crippen LogP contribution is -2.21. The van der Waals surface area contributed by atoms with Gasteiger partial charge in [-0.05, 0) is 48.5 Å². The van der Waals surface area contributed by atoms with Crippen molar-refractivity contribution < 1.29 is 0 Å². The highest BCUT2D eigenvalue weighted by atomic mass is 35.5. The summed E-state index contributed by atoms with van der Waals surface area (Å²) in [5.41, 5.74) is 3.31. The van der Waals surface area contributed by atoms with Crippen LogP contribution in [0.25, 0.3) is 33.4 Å². The van der Waals surface area contributed by atoms with E-state index in [0.717, 1.165) is 22.2 Å². The number of benzene rings is 3. The summed E-state index contributed by atoms with van der Waals surface area (Å²) in [7, 11) is 0. The van der Waals surface area contributed by atoms with Crippen molar-refractivity contribution in [3.8, 4) is 5.69 Å². The molecule has 5 rings (SSSR count). The molecular formula is C20H12ClN3O. The van der Waals surface area contributed by atoms with Crippen molar-refractivity contribution in [2.45, 2.75) is 0 Å². The Morgan fingerprint density at radius 1 is 0.800 bits per heavy atom. The predicted molar refractivity (Wildman–Crippen MR) is 101 cm³/mol. The van der Waals surface area contributed by atoms with Gasteiger partial charge in [0.1, 0.15) is 0 Å². The summed E-state index contributed by atoms with van der Waals surface area (Å²) < 4.78 is 3.67. The maximum atomic E-state index is 13.2. The van der Waals surface area contributed by atoms with Crippen LogP contribution in [0.4, 0.5) is 0 Å². The van der Waals surface area contributed by atoms with Crippen molar-refractivity contribution in [1.29, 1.82) is 0 Å². The minimum absolute atomic E-state index is 0.0965. The van der Waals surface area contributed by atoms with E-state index in [4.69, 9.17) is 16.6 Å². The molecule has 0 fully saturated rings. The Hall–Kier alpha value is -3.11. The van der Waals surface area contributed by atoms with Gasteiger partial charge in [0, 0.05) is 5.02 Å². The molecule has 0 radical (unpaired) electrons. The topological polar surface area (TPSA) is 39.3 Å². The number of hydrogen-bond donors (Lipinski definition) is 0. The summed E-state index contributed by atoms with van der Waals surface area (Å²) in [6.45, 7) is 0. The molecule has 0 N–H and O–H groups in total. The third-order valence-electron chi connectivity index (χ3n) is 4.41. The van der Waals surface area contributed by atoms with Gasteiger partial charge < -0.3 is 0 Å². The minimum atomic E-state index is -0.0965. The van der Waals surface area contributed by atoms with Gasteiger partial charge in [-0.2, -0.15) is 0 Å². The molecule has 0 aliphatic rings. The molecule has 0 atom stereocenters. The molecule has 0 saturated heterocycles. The maximum Gasteiger partial charge on any atom is 0.267 e. The molecule has 0 spiro atoms. The van der Waals surface area contributed by atoms with E-state index < -0.39 is 0 Å². The molecule has 120 valence electrons. The summed E-state index contributed by atoms with van der Waals surface area (Å²) in [4.78, 5) is 17.9. The molecule has 5 heteroatoms. The molecule has 0 amide bonds. The third kappa shape index (κ3) is 2.01. The zero-order valence-electron chi connectivity index (χ0n) is 13.1. The standard InChI is InChI=1S/C20H12ClN3O/c21-13-9-11-14(12-10-13)23-19(25)15-5-1-3-7-17(15)24-18-8-4-2-6-16(18)22-20(23)24/h1-12H.